The predicted molar refractivity (Wildman–Crippen MR) is 77.7 cm³/mol. The summed E-state index contributed by atoms with van der Waals surface area (Å²) in [7, 11) is 0. The smallest absolute Gasteiger partial charge is 0.222 e. The molecule has 0 aromatic heterocycles. The molecule has 1 aliphatic heterocycles. The second kappa shape index (κ2) is 7.85. The Balaban J connectivity index is 2.25. The van der Waals surface area contributed by atoms with Crippen molar-refractivity contribution in [2.75, 3.05) is 19.6 Å². The summed E-state index contributed by atoms with van der Waals surface area (Å²) < 4.78 is 0. The van der Waals surface area contributed by atoms with E-state index in [2.05, 4.69) is 13.8 Å². The predicted octanol–water partition coefficient (Wildman–Crippen LogP) is 1.91. The summed E-state index contributed by atoms with van der Waals surface area (Å²) in [6, 6.07) is 0. The van der Waals surface area contributed by atoms with Crippen molar-refractivity contribution in [1.82, 2.24) is 4.90 Å². The van der Waals surface area contributed by atoms with Gasteiger partial charge in [0, 0.05) is 6.42 Å². The Labute approximate surface area is 117 Å². The lowest BCUT2D eigenvalue weighted by molar-refractivity contribution is -0.156. The highest BCUT2D eigenvalue weighted by Gasteiger charge is 2.42. The number of aliphatic hydroxyl groups is 1. The topological polar surface area (TPSA) is 66.6 Å². The van der Waals surface area contributed by atoms with E-state index in [9.17, 15) is 9.90 Å². The normalized spacial score (nSPS) is 19.1. The van der Waals surface area contributed by atoms with E-state index in [1.807, 2.05) is 0 Å². The van der Waals surface area contributed by atoms with Gasteiger partial charge in [0.2, 0.25) is 5.91 Å². The maximum Gasteiger partial charge on any atom is 0.222 e. The van der Waals surface area contributed by atoms with E-state index in [4.69, 9.17) is 5.73 Å². The average molecular weight is 270 g/mol. The molecule has 1 aliphatic rings. The lowest BCUT2D eigenvalue weighted by Gasteiger charge is -2.46. The van der Waals surface area contributed by atoms with Gasteiger partial charge in [-0.15, -0.1) is 0 Å². The van der Waals surface area contributed by atoms with Crippen LogP contribution in [-0.4, -0.2) is 41.1 Å². The van der Waals surface area contributed by atoms with Crippen LogP contribution in [0.4, 0.5) is 0 Å². The molecular weight excluding hydrogens is 240 g/mol. The molecule has 1 amide bonds. The monoisotopic (exact) mass is 270 g/mol. The summed E-state index contributed by atoms with van der Waals surface area (Å²) in [5, 5.41) is 10.1. The Hall–Kier alpha value is -0.610. The van der Waals surface area contributed by atoms with Gasteiger partial charge in [-0.05, 0) is 31.7 Å². The minimum absolute atomic E-state index is 0.193. The van der Waals surface area contributed by atoms with Gasteiger partial charge in [0.15, 0.2) is 0 Å². The van der Waals surface area contributed by atoms with Crippen molar-refractivity contribution in [3.05, 3.63) is 0 Å². The van der Waals surface area contributed by atoms with Crippen molar-refractivity contribution in [2.45, 2.75) is 64.4 Å². The molecule has 0 spiro atoms. The van der Waals surface area contributed by atoms with E-state index < -0.39 is 5.60 Å². The second-order valence-corrected chi connectivity index (χ2v) is 5.99. The fourth-order valence-corrected chi connectivity index (χ4v) is 3.03. The molecule has 0 aliphatic carbocycles. The molecule has 0 radical (unpaired) electrons. The highest BCUT2D eigenvalue weighted by atomic mass is 16.3. The number of nitrogens with two attached hydrogens (primary N) is 1. The summed E-state index contributed by atoms with van der Waals surface area (Å²) in [6.07, 6.45) is 6.62. The molecule has 19 heavy (non-hydrogen) atoms. The summed E-state index contributed by atoms with van der Waals surface area (Å²) in [4.78, 5) is 13.8. The van der Waals surface area contributed by atoms with Crippen molar-refractivity contribution in [2.24, 2.45) is 11.7 Å². The number of rotatable bonds is 9. The van der Waals surface area contributed by atoms with Crippen LogP contribution in [0.2, 0.25) is 0 Å². The molecule has 0 aromatic rings. The number of amides is 1. The largest absolute Gasteiger partial charge is 0.386 e. The van der Waals surface area contributed by atoms with Crippen molar-refractivity contribution in [3.63, 3.8) is 0 Å². The first-order chi connectivity index (χ1) is 9.04. The van der Waals surface area contributed by atoms with Gasteiger partial charge in [0.25, 0.3) is 0 Å². The Kier molecular flexibility index (Phi) is 6.80. The van der Waals surface area contributed by atoms with Gasteiger partial charge in [-0.3, -0.25) is 4.79 Å². The Morgan fingerprint density at radius 2 is 1.95 bits per heavy atom. The maximum atomic E-state index is 12.0. The number of carbonyl (C=O) groups is 1. The SMILES string of the molecule is CCCC(CCN)CCC(=O)N1CC(O)(CCC)C1. The standard InChI is InChI=1S/C15H30N2O2/c1-3-5-13(8-10-16)6-7-14(18)17-11-15(19,12-17)9-4-2/h13,19H,3-12,16H2,1-2H3. The van der Waals surface area contributed by atoms with Gasteiger partial charge in [-0.2, -0.15) is 0 Å². The van der Waals surface area contributed by atoms with Gasteiger partial charge in [-0.25, -0.2) is 0 Å². The summed E-state index contributed by atoms with van der Waals surface area (Å²) in [5.41, 5.74) is 5.00. The zero-order valence-electron chi connectivity index (χ0n) is 12.5. The molecule has 3 N–H and O–H groups in total. The summed E-state index contributed by atoms with van der Waals surface area (Å²) >= 11 is 0. The van der Waals surface area contributed by atoms with E-state index in [-0.39, 0.29) is 5.91 Å². The molecule has 1 atom stereocenters. The molecule has 0 bridgehead atoms. The van der Waals surface area contributed by atoms with E-state index >= 15 is 0 Å². The molecule has 1 heterocycles. The zero-order chi connectivity index (χ0) is 14.3. The van der Waals surface area contributed by atoms with Crippen molar-refractivity contribution >= 4 is 5.91 Å². The van der Waals surface area contributed by atoms with E-state index in [1.165, 1.54) is 0 Å². The number of nitrogens with zero attached hydrogens (tertiary/aromatic N) is 1. The van der Waals surface area contributed by atoms with E-state index in [0.717, 1.165) is 38.5 Å². The number of β-amino-alcohol motifs (C(OH)–C–C–N with tert-alkyl or cyclic N) is 1. The van der Waals surface area contributed by atoms with E-state index in [0.29, 0.717) is 32.0 Å². The highest BCUT2D eigenvalue weighted by molar-refractivity contribution is 5.77. The number of hydrogen-bond donors (Lipinski definition) is 2. The quantitative estimate of drug-likeness (QED) is 0.672. The second-order valence-electron chi connectivity index (χ2n) is 5.99. The average Bonchev–Trinajstić information content (AvgIpc) is 2.33. The van der Waals surface area contributed by atoms with Crippen LogP contribution >= 0.6 is 0 Å². The maximum absolute atomic E-state index is 12.0. The van der Waals surface area contributed by atoms with Crippen LogP contribution in [0.15, 0.2) is 0 Å². The fourth-order valence-electron chi connectivity index (χ4n) is 3.03. The first kappa shape index (κ1) is 16.4. The van der Waals surface area contributed by atoms with E-state index in [1.54, 1.807) is 4.90 Å². The lowest BCUT2D eigenvalue weighted by Crippen LogP contribution is -2.63. The zero-order valence-corrected chi connectivity index (χ0v) is 12.5. The third-order valence-electron chi connectivity index (χ3n) is 4.08. The molecule has 4 heteroatoms. The molecule has 1 saturated heterocycles. The van der Waals surface area contributed by atoms with Crippen LogP contribution in [0.5, 0.6) is 0 Å². The minimum Gasteiger partial charge on any atom is -0.386 e. The highest BCUT2D eigenvalue weighted by Crippen LogP contribution is 2.27. The molecule has 1 unspecified atom stereocenters. The number of carbonyl (C=O) groups excluding carboxylic acids is 1. The van der Waals surface area contributed by atoms with Crippen LogP contribution in [0.25, 0.3) is 0 Å². The summed E-state index contributed by atoms with van der Waals surface area (Å²) in [5.74, 6) is 0.772. The van der Waals surface area contributed by atoms with Crippen LogP contribution in [0.3, 0.4) is 0 Å². The van der Waals surface area contributed by atoms with Gasteiger partial charge in [0.1, 0.15) is 0 Å². The molecule has 1 fully saturated rings. The van der Waals surface area contributed by atoms with Crippen molar-refractivity contribution in [3.8, 4) is 0 Å². The van der Waals surface area contributed by atoms with Crippen LogP contribution in [0.1, 0.15) is 58.8 Å². The molecule has 1 rings (SSSR count). The molecule has 0 aromatic carbocycles. The Morgan fingerprint density at radius 3 is 2.47 bits per heavy atom. The van der Waals surface area contributed by atoms with Crippen LogP contribution in [-0.2, 0) is 4.79 Å². The fraction of sp³-hybridized carbons (Fsp3) is 0.933. The Bertz CT molecular complexity index is 269. The van der Waals surface area contributed by atoms with Crippen molar-refractivity contribution < 1.29 is 9.90 Å². The number of likely N-dealkylation sites (tertiary alicyclic amines) is 1. The van der Waals surface area contributed by atoms with Gasteiger partial charge in [0.05, 0.1) is 18.7 Å². The summed E-state index contributed by atoms with van der Waals surface area (Å²) in [6.45, 7) is 5.99. The minimum atomic E-state index is -0.607. The molecule has 0 saturated carbocycles. The third kappa shape index (κ3) is 5.11. The third-order valence-corrected chi connectivity index (χ3v) is 4.08. The molecular formula is C15H30N2O2. The Morgan fingerprint density at radius 1 is 1.26 bits per heavy atom. The van der Waals surface area contributed by atoms with Gasteiger partial charge >= 0.3 is 0 Å². The molecule has 4 nitrogen and oxygen atoms in total. The van der Waals surface area contributed by atoms with Crippen LogP contribution in [0, 0.1) is 5.92 Å². The van der Waals surface area contributed by atoms with Crippen molar-refractivity contribution in [1.29, 1.82) is 0 Å². The van der Waals surface area contributed by atoms with Gasteiger partial charge < -0.3 is 15.7 Å². The van der Waals surface area contributed by atoms with Crippen LogP contribution < -0.4 is 5.73 Å². The first-order valence-electron chi connectivity index (χ1n) is 7.75. The molecule has 112 valence electrons. The first-order valence-corrected chi connectivity index (χ1v) is 7.75. The number of hydrogen-bond acceptors (Lipinski definition) is 3. The lowest BCUT2D eigenvalue weighted by atomic mass is 9.88. The van der Waals surface area contributed by atoms with Gasteiger partial charge in [-0.1, -0.05) is 33.1 Å².